The van der Waals surface area contributed by atoms with Gasteiger partial charge in [-0.2, -0.15) is 0 Å². The van der Waals surface area contributed by atoms with Crippen molar-refractivity contribution in [2.24, 2.45) is 11.7 Å². The molecule has 0 unspecified atom stereocenters. The van der Waals surface area contributed by atoms with Gasteiger partial charge in [0, 0.05) is 25.6 Å². The van der Waals surface area contributed by atoms with Gasteiger partial charge in [0.2, 0.25) is 11.8 Å². The zero-order chi connectivity index (χ0) is 16.1. The third-order valence-corrected chi connectivity index (χ3v) is 4.50. The smallest absolute Gasteiger partial charge is 0.239 e. The molecular formula is C17H25N3O2. The molecule has 0 bridgehead atoms. The Balaban J connectivity index is 1.88. The van der Waals surface area contributed by atoms with Gasteiger partial charge < -0.3 is 10.6 Å². The lowest BCUT2D eigenvalue weighted by atomic mass is 9.96. The van der Waals surface area contributed by atoms with Crippen LogP contribution >= 0.6 is 0 Å². The Kier molecular flexibility index (Phi) is 5.55. The molecule has 120 valence electrons. The molecule has 1 heterocycles. The van der Waals surface area contributed by atoms with Crippen LogP contribution in [0.2, 0.25) is 0 Å². The molecule has 2 amide bonds. The number of carbonyl (C=O) groups is 2. The van der Waals surface area contributed by atoms with Crippen molar-refractivity contribution >= 4 is 11.8 Å². The highest BCUT2D eigenvalue weighted by atomic mass is 16.2. The molecule has 1 fully saturated rings. The summed E-state index contributed by atoms with van der Waals surface area (Å²) in [6.45, 7) is 3.92. The van der Waals surface area contributed by atoms with E-state index in [1.165, 1.54) is 5.56 Å². The lowest BCUT2D eigenvalue weighted by Gasteiger charge is -2.34. The van der Waals surface area contributed by atoms with Crippen LogP contribution in [0.3, 0.4) is 0 Å². The third-order valence-electron chi connectivity index (χ3n) is 4.50. The van der Waals surface area contributed by atoms with Gasteiger partial charge in [-0.25, -0.2) is 0 Å². The van der Waals surface area contributed by atoms with Crippen LogP contribution in [0.4, 0.5) is 0 Å². The Morgan fingerprint density at radius 2 is 1.86 bits per heavy atom. The first-order valence-electron chi connectivity index (χ1n) is 7.81. The molecule has 2 rings (SSSR count). The highest BCUT2D eigenvalue weighted by molar-refractivity contribution is 5.82. The summed E-state index contributed by atoms with van der Waals surface area (Å²) in [6, 6.07) is 9.94. The van der Waals surface area contributed by atoms with Gasteiger partial charge in [0.05, 0.1) is 6.04 Å². The number of nitrogens with zero attached hydrogens (tertiary/aromatic N) is 2. The summed E-state index contributed by atoms with van der Waals surface area (Å²) in [5.41, 5.74) is 6.52. The first kappa shape index (κ1) is 16.5. The van der Waals surface area contributed by atoms with E-state index >= 15 is 0 Å². The van der Waals surface area contributed by atoms with E-state index in [4.69, 9.17) is 5.73 Å². The first-order chi connectivity index (χ1) is 10.5. The van der Waals surface area contributed by atoms with E-state index in [2.05, 4.69) is 17.0 Å². The van der Waals surface area contributed by atoms with E-state index < -0.39 is 0 Å². The predicted molar refractivity (Wildman–Crippen MR) is 85.9 cm³/mol. The summed E-state index contributed by atoms with van der Waals surface area (Å²) in [5, 5.41) is 0. The van der Waals surface area contributed by atoms with Crippen LogP contribution in [0.15, 0.2) is 30.3 Å². The molecule has 1 aromatic carbocycles. The fraction of sp³-hybridized carbons (Fsp3) is 0.529. The van der Waals surface area contributed by atoms with Crippen molar-refractivity contribution in [1.82, 2.24) is 9.80 Å². The number of amides is 2. The summed E-state index contributed by atoms with van der Waals surface area (Å²) < 4.78 is 0. The Hall–Kier alpha value is -1.88. The zero-order valence-corrected chi connectivity index (χ0v) is 13.4. The average Bonchev–Trinajstić information content (AvgIpc) is 2.54. The van der Waals surface area contributed by atoms with Crippen LogP contribution in [0, 0.1) is 5.92 Å². The number of hydrogen-bond donors (Lipinski definition) is 1. The quantitative estimate of drug-likeness (QED) is 0.889. The molecule has 22 heavy (non-hydrogen) atoms. The van der Waals surface area contributed by atoms with Gasteiger partial charge >= 0.3 is 0 Å². The number of piperidine rings is 1. The van der Waals surface area contributed by atoms with Gasteiger partial charge in [-0.05, 0) is 32.4 Å². The molecule has 5 heteroatoms. The number of primary amides is 1. The summed E-state index contributed by atoms with van der Waals surface area (Å²) in [6.07, 6.45) is 1.35. The van der Waals surface area contributed by atoms with Gasteiger partial charge in [-0.1, -0.05) is 30.3 Å². The SMILES string of the molecule is C[C@@H](C(=O)N1CCC(C(N)=O)CC1)N(C)Cc1ccccc1. The topological polar surface area (TPSA) is 66.6 Å². The molecule has 5 nitrogen and oxygen atoms in total. The van der Waals surface area contributed by atoms with Crippen molar-refractivity contribution in [3.8, 4) is 0 Å². The number of nitrogens with two attached hydrogens (primary N) is 1. The van der Waals surface area contributed by atoms with Crippen LogP contribution in [0.1, 0.15) is 25.3 Å². The minimum Gasteiger partial charge on any atom is -0.369 e. The molecule has 0 radical (unpaired) electrons. The van der Waals surface area contributed by atoms with E-state index in [0.717, 1.165) is 6.54 Å². The van der Waals surface area contributed by atoms with Gasteiger partial charge in [-0.15, -0.1) is 0 Å². The number of likely N-dealkylation sites (tertiary alicyclic amines) is 1. The number of carbonyl (C=O) groups excluding carboxylic acids is 2. The Morgan fingerprint density at radius 3 is 2.41 bits per heavy atom. The van der Waals surface area contributed by atoms with E-state index in [0.29, 0.717) is 25.9 Å². The molecule has 1 aromatic rings. The maximum atomic E-state index is 12.6. The second kappa shape index (κ2) is 7.40. The van der Waals surface area contributed by atoms with E-state index in [-0.39, 0.29) is 23.8 Å². The maximum absolute atomic E-state index is 12.6. The molecular weight excluding hydrogens is 278 g/mol. The molecule has 0 aliphatic carbocycles. The largest absolute Gasteiger partial charge is 0.369 e. The molecule has 0 saturated carbocycles. The third kappa shape index (κ3) is 4.07. The number of likely N-dealkylation sites (N-methyl/N-ethyl adjacent to an activating group) is 1. The fourth-order valence-corrected chi connectivity index (χ4v) is 2.85. The molecule has 0 spiro atoms. The Morgan fingerprint density at radius 1 is 1.27 bits per heavy atom. The zero-order valence-electron chi connectivity index (χ0n) is 13.4. The minimum atomic E-state index is -0.249. The van der Waals surface area contributed by atoms with Gasteiger partial charge in [0.15, 0.2) is 0 Å². The Bertz CT molecular complexity index is 510. The van der Waals surface area contributed by atoms with Gasteiger partial charge in [0.1, 0.15) is 0 Å². The number of hydrogen-bond acceptors (Lipinski definition) is 3. The highest BCUT2D eigenvalue weighted by Gasteiger charge is 2.29. The maximum Gasteiger partial charge on any atom is 0.239 e. The standard InChI is InChI=1S/C17H25N3O2/c1-13(19(2)12-14-6-4-3-5-7-14)17(22)20-10-8-15(9-11-20)16(18)21/h3-7,13,15H,8-12H2,1-2H3,(H2,18,21)/t13-/m0/s1. The lowest BCUT2D eigenvalue weighted by molar-refractivity contribution is -0.139. The van der Waals surface area contributed by atoms with Crippen molar-refractivity contribution in [2.75, 3.05) is 20.1 Å². The molecule has 1 saturated heterocycles. The van der Waals surface area contributed by atoms with Gasteiger partial charge in [-0.3, -0.25) is 14.5 Å². The van der Waals surface area contributed by atoms with Crippen molar-refractivity contribution in [2.45, 2.75) is 32.4 Å². The Labute approximate surface area is 132 Å². The molecule has 2 N–H and O–H groups in total. The van der Waals surface area contributed by atoms with E-state index in [1.807, 2.05) is 37.1 Å². The monoisotopic (exact) mass is 303 g/mol. The molecule has 1 atom stereocenters. The van der Waals surface area contributed by atoms with Crippen LogP contribution in [-0.2, 0) is 16.1 Å². The highest BCUT2D eigenvalue weighted by Crippen LogP contribution is 2.18. The lowest BCUT2D eigenvalue weighted by Crippen LogP contribution is -2.49. The van der Waals surface area contributed by atoms with E-state index in [9.17, 15) is 9.59 Å². The first-order valence-corrected chi connectivity index (χ1v) is 7.81. The van der Waals surface area contributed by atoms with Crippen molar-refractivity contribution in [1.29, 1.82) is 0 Å². The molecule has 0 aromatic heterocycles. The second-order valence-electron chi connectivity index (χ2n) is 6.08. The van der Waals surface area contributed by atoms with Crippen LogP contribution < -0.4 is 5.73 Å². The summed E-state index contributed by atoms with van der Waals surface area (Å²) >= 11 is 0. The molecule has 1 aliphatic rings. The van der Waals surface area contributed by atoms with Crippen LogP contribution in [0.5, 0.6) is 0 Å². The minimum absolute atomic E-state index is 0.0820. The van der Waals surface area contributed by atoms with Gasteiger partial charge in [0.25, 0.3) is 0 Å². The average molecular weight is 303 g/mol. The van der Waals surface area contributed by atoms with Crippen molar-refractivity contribution < 1.29 is 9.59 Å². The van der Waals surface area contributed by atoms with E-state index in [1.54, 1.807) is 0 Å². The summed E-state index contributed by atoms with van der Waals surface area (Å²) in [4.78, 5) is 27.7. The predicted octanol–water partition coefficient (Wildman–Crippen LogP) is 1.23. The van der Waals surface area contributed by atoms with Crippen LogP contribution in [-0.4, -0.2) is 47.8 Å². The molecule has 1 aliphatic heterocycles. The second-order valence-corrected chi connectivity index (χ2v) is 6.08. The van der Waals surface area contributed by atoms with Crippen molar-refractivity contribution in [3.05, 3.63) is 35.9 Å². The number of rotatable bonds is 5. The normalized spacial score (nSPS) is 17.5. The van der Waals surface area contributed by atoms with Crippen molar-refractivity contribution in [3.63, 3.8) is 0 Å². The summed E-state index contributed by atoms with van der Waals surface area (Å²) in [7, 11) is 1.96. The number of benzene rings is 1. The van der Waals surface area contributed by atoms with Crippen LogP contribution in [0.25, 0.3) is 0 Å². The summed E-state index contributed by atoms with van der Waals surface area (Å²) in [5.74, 6) is -0.205. The fourth-order valence-electron chi connectivity index (χ4n) is 2.85.